The monoisotopic (exact) mass is 264 g/mol. The summed E-state index contributed by atoms with van der Waals surface area (Å²) in [4.78, 5) is 31.1. The molecule has 0 aliphatic carbocycles. The van der Waals surface area contributed by atoms with E-state index in [2.05, 4.69) is 4.89 Å². The fourth-order valence-corrected chi connectivity index (χ4v) is 1.17. The number of carbonyl (C=O) groups excluding carboxylic acids is 1. The quantitative estimate of drug-likeness (QED) is 0.259. The Bertz CT molecular complexity index is 307. The molecule has 0 aromatic rings. The molecule has 5 N–H and O–H groups in total. The molecule has 0 heterocycles. The number of aliphatic carboxylic acids is 1. The van der Waals surface area contributed by atoms with Crippen molar-refractivity contribution in [2.45, 2.75) is 45.1 Å². The van der Waals surface area contributed by atoms with E-state index in [-0.39, 0.29) is 0 Å². The van der Waals surface area contributed by atoms with Gasteiger partial charge in [-0.2, -0.15) is 4.89 Å². The van der Waals surface area contributed by atoms with Gasteiger partial charge in [0.2, 0.25) is 5.91 Å². The highest BCUT2D eigenvalue weighted by Gasteiger charge is 2.42. The van der Waals surface area contributed by atoms with E-state index in [9.17, 15) is 14.7 Å². The van der Waals surface area contributed by atoms with Gasteiger partial charge in [0.25, 0.3) is 0 Å². The highest BCUT2D eigenvalue weighted by molar-refractivity contribution is 5.85. The number of aliphatic hydroxyl groups is 1. The van der Waals surface area contributed by atoms with Gasteiger partial charge in [0, 0.05) is 0 Å². The van der Waals surface area contributed by atoms with E-state index in [4.69, 9.17) is 15.7 Å². The van der Waals surface area contributed by atoms with E-state index in [1.54, 1.807) is 19.2 Å². The van der Waals surface area contributed by atoms with Crippen LogP contribution in [0.3, 0.4) is 0 Å². The molecule has 106 valence electrons. The molecule has 0 saturated heterocycles. The number of hydrogen-bond acceptors (Lipinski definition) is 6. The third-order valence-corrected chi connectivity index (χ3v) is 2.02. The molecule has 1 atom stereocenters. The first-order chi connectivity index (χ1) is 8.17. The summed E-state index contributed by atoms with van der Waals surface area (Å²) in [5.74, 6) is -5.66. The van der Waals surface area contributed by atoms with E-state index in [1.165, 1.54) is 0 Å². The van der Waals surface area contributed by atoms with Gasteiger partial charge in [0.05, 0.1) is 12.1 Å². The molecule has 1 amide bonds. The second kappa shape index (κ2) is 6.64. The molecule has 0 radical (unpaired) electrons. The number of rotatable bonds is 8. The Morgan fingerprint density at radius 1 is 1.33 bits per heavy atom. The molecule has 0 bridgehead atoms. The molecule has 0 fully saturated rings. The maximum Gasteiger partial charge on any atom is 0.390 e. The van der Waals surface area contributed by atoms with Crippen LogP contribution in [0.5, 0.6) is 0 Å². The van der Waals surface area contributed by atoms with Gasteiger partial charge < -0.3 is 15.9 Å². The number of carbonyl (C=O) groups is 2. The minimum atomic E-state index is -2.96. The summed E-state index contributed by atoms with van der Waals surface area (Å²) < 4.78 is 0. The smallest absolute Gasteiger partial charge is 0.390 e. The SMILES string of the molecule is CCCC(C)(C)OOC(O)(NC(=O)CN)C(=O)O. The van der Waals surface area contributed by atoms with Gasteiger partial charge in [-0.15, -0.1) is 0 Å². The Kier molecular flexibility index (Phi) is 6.19. The Labute approximate surface area is 105 Å². The Morgan fingerprint density at radius 2 is 1.89 bits per heavy atom. The van der Waals surface area contributed by atoms with Gasteiger partial charge in [-0.25, -0.2) is 9.68 Å². The lowest BCUT2D eigenvalue weighted by Crippen LogP contribution is -2.58. The molecular weight excluding hydrogens is 244 g/mol. The number of carboxylic acids is 1. The van der Waals surface area contributed by atoms with Gasteiger partial charge in [0.15, 0.2) is 0 Å². The molecule has 0 saturated carbocycles. The highest BCUT2D eigenvalue weighted by Crippen LogP contribution is 2.19. The summed E-state index contributed by atoms with van der Waals surface area (Å²) in [5.41, 5.74) is 4.20. The van der Waals surface area contributed by atoms with Crippen LogP contribution in [0.25, 0.3) is 0 Å². The van der Waals surface area contributed by atoms with Gasteiger partial charge in [-0.1, -0.05) is 13.3 Å². The fourth-order valence-electron chi connectivity index (χ4n) is 1.17. The number of amides is 1. The number of nitrogens with one attached hydrogen (secondary N) is 1. The van der Waals surface area contributed by atoms with Crippen LogP contribution in [0.4, 0.5) is 0 Å². The van der Waals surface area contributed by atoms with Crippen molar-refractivity contribution in [1.82, 2.24) is 5.32 Å². The molecule has 0 aliphatic rings. The lowest BCUT2D eigenvalue weighted by Gasteiger charge is -2.29. The minimum absolute atomic E-state index is 0.489. The summed E-state index contributed by atoms with van der Waals surface area (Å²) in [7, 11) is 0. The van der Waals surface area contributed by atoms with Crippen LogP contribution >= 0.6 is 0 Å². The largest absolute Gasteiger partial charge is 0.476 e. The van der Waals surface area contributed by atoms with E-state index in [0.29, 0.717) is 6.42 Å². The fraction of sp³-hybridized carbons (Fsp3) is 0.800. The summed E-state index contributed by atoms with van der Waals surface area (Å²) in [5, 5.41) is 20.1. The van der Waals surface area contributed by atoms with Crippen LogP contribution in [0.2, 0.25) is 0 Å². The molecule has 1 unspecified atom stereocenters. The van der Waals surface area contributed by atoms with Crippen LogP contribution in [0.1, 0.15) is 33.6 Å². The van der Waals surface area contributed by atoms with Crippen molar-refractivity contribution in [3.63, 3.8) is 0 Å². The predicted molar refractivity (Wildman–Crippen MR) is 60.9 cm³/mol. The summed E-state index contributed by atoms with van der Waals surface area (Å²) >= 11 is 0. The molecule has 8 nitrogen and oxygen atoms in total. The topological polar surface area (TPSA) is 131 Å². The lowest BCUT2D eigenvalue weighted by atomic mass is 10.0. The second-order valence-corrected chi connectivity index (χ2v) is 4.38. The molecule has 18 heavy (non-hydrogen) atoms. The third kappa shape index (κ3) is 5.41. The van der Waals surface area contributed by atoms with E-state index < -0.39 is 29.9 Å². The summed E-state index contributed by atoms with van der Waals surface area (Å²) in [6.07, 6.45) is 1.35. The Morgan fingerprint density at radius 3 is 2.28 bits per heavy atom. The van der Waals surface area contributed by atoms with Crippen molar-refractivity contribution >= 4 is 11.9 Å². The first kappa shape index (κ1) is 16.8. The van der Waals surface area contributed by atoms with Crippen LogP contribution in [-0.2, 0) is 19.4 Å². The van der Waals surface area contributed by atoms with E-state index >= 15 is 0 Å². The number of nitrogens with two attached hydrogens (primary N) is 1. The second-order valence-electron chi connectivity index (χ2n) is 4.38. The van der Waals surface area contributed by atoms with Crippen LogP contribution in [0, 0.1) is 0 Å². The number of hydrogen-bond donors (Lipinski definition) is 4. The molecule has 0 aromatic heterocycles. The summed E-state index contributed by atoms with van der Waals surface area (Å²) in [6, 6.07) is 0. The van der Waals surface area contributed by atoms with E-state index in [0.717, 1.165) is 6.42 Å². The van der Waals surface area contributed by atoms with Crippen LogP contribution < -0.4 is 11.1 Å². The maximum absolute atomic E-state index is 11.0. The van der Waals surface area contributed by atoms with Crippen molar-refractivity contribution < 1.29 is 29.6 Å². The molecular formula is C10H20N2O6. The molecule has 0 rings (SSSR count). The van der Waals surface area contributed by atoms with Crippen molar-refractivity contribution in [2.24, 2.45) is 5.73 Å². The van der Waals surface area contributed by atoms with Crippen LogP contribution in [0.15, 0.2) is 0 Å². The third-order valence-electron chi connectivity index (χ3n) is 2.02. The standard InChI is InChI=1S/C10H20N2O6/c1-4-5-9(2,3)17-18-10(16,8(14)15)12-7(13)6-11/h16H,4-6,11H2,1-3H3,(H,12,13)(H,14,15). The van der Waals surface area contributed by atoms with Crippen molar-refractivity contribution in [3.8, 4) is 0 Å². The minimum Gasteiger partial charge on any atom is -0.476 e. The highest BCUT2D eigenvalue weighted by atomic mass is 17.2. The zero-order valence-electron chi connectivity index (χ0n) is 10.7. The zero-order valence-corrected chi connectivity index (χ0v) is 10.7. The molecule has 0 aromatic carbocycles. The zero-order chi connectivity index (χ0) is 14.4. The van der Waals surface area contributed by atoms with Gasteiger partial charge in [-0.05, 0) is 20.3 Å². The van der Waals surface area contributed by atoms with Crippen molar-refractivity contribution in [1.29, 1.82) is 0 Å². The Hall–Kier alpha value is -1.22. The molecule has 0 spiro atoms. The predicted octanol–water partition coefficient (Wildman–Crippen LogP) is -0.681. The first-order valence-corrected chi connectivity index (χ1v) is 5.50. The van der Waals surface area contributed by atoms with Crippen molar-refractivity contribution in [2.75, 3.05) is 6.54 Å². The molecule has 0 aliphatic heterocycles. The number of carboxylic acid groups (broad SMARTS) is 1. The average molecular weight is 264 g/mol. The maximum atomic E-state index is 11.0. The van der Waals surface area contributed by atoms with Crippen LogP contribution in [-0.4, -0.2) is 40.1 Å². The first-order valence-electron chi connectivity index (χ1n) is 5.50. The molecule has 8 heteroatoms. The summed E-state index contributed by atoms with van der Waals surface area (Å²) in [6.45, 7) is 4.73. The Balaban J connectivity index is 4.63. The van der Waals surface area contributed by atoms with Crippen molar-refractivity contribution in [3.05, 3.63) is 0 Å². The average Bonchev–Trinajstić information content (AvgIpc) is 2.26. The lowest BCUT2D eigenvalue weighted by molar-refractivity contribution is -0.448. The van der Waals surface area contributed by atoms with Gasteiger partial charge in [0.1, 0.15) is 0 Å². The van der Waals surface area contributed by atoms with E-state index in [1.807, 2.05) is 6.92 Å². The normalized spacial score (nSPS) is 14.9. The van der Waals surface area contributed by atoms with Gasteiger partial charge >= 0.3 is 11.9 Å². The van der Waals surface area contributed by atoms with Gasteiger partial charge in [-0.3, -0.25) is 10.1 Å².